The lowest BCUT2D eigenvalue weighted by atomic mass is 10.0. The van der Waals surface area contributed by atoms with E-state index in [1.54, 1.807) is 0 Å². The molecule has 0 radical (unpaired) electrons. The molecule has 1 aliphatic rings. The van der Waals surface area contributed by atoms with Crippen molar-refractivity contribution in [3.8, 4) is 5.75 Å². The van der Waals surface area contributed by atoms with Gasteiger partial charge in [0.05, 0.1) is 12.3 Å². The fourth-order valence-electron chi connectivity index (χ4n) is 1.93. The van der Waals surface area contributed by atoms with Crippen LogP contribution in [0.5, 0.6) is 5.75 Å². The lowest BCUT2D eigenvalue weighted by Gasteiger charge is -2.14. The van der Waals surface area contributed by atoms with Gasteiger partial charge in [0.2, 0.25) is 0 Å². The van der Waals surface area contributed by atoms with Crippen molar-refractivity contribution in [2.75, 3.05) is 6.61 Å². The molecule has 2 nitrogen and oxygen atoms in total. The third-order valence-electron chi connectivity index (χ3n) is 2.85. The molecule has 0 aliphatic carbocycles. The van der Waals surface area contributed by atoms with Gasteiger partial charge in [0.1, 0.15) is 5.75 Å². The largest absolute Gasteiger partial charge is 0.491 e. The number of hydrogen-bond donors (Lipinski definition) is 0. The summed E-state index contributed by atoms with van der Waals surface area (Å²) in [4.78, 5) is 4.72. The van der Waals surface area contributed by atoms with Crippen molar-refractivity contribution < 1.29 is 4.74 Å². The molecule has 82 valence electrons. The molecule has 0 unspecified atom stereocenters. The van der Waals surface area contributed by atoms with Crippen LogP contribution in [0.4, 0.5) is 0 Å². The summed E-state index contributed by atoms with van der Waals surface area (Å²) >= 11 is 0. The normalized spacial score (nSPS) is 14.5. The van der Waals surface area contributed by atoms with Crippen LogP contribution >= 0.6 is 0 Å². The molecule has 15 heavy (non-hydrogen) atoms. The lowest BCUT2D eigenvalue weighted by molar-refractivity contribution is 0.350. The molecule has 0 spiro atoms. The van der Waals surface area contributed by atoms with Crippen molar-refractivity contribution in [2.24, 2.45) is 0 Å². The summed E-state index contributed by atoms with van der Waals surface area (Å²) in [6.07, 6.45) is 1.04. The smallest absolute Gasteiger partial charge is 0.144 e. The Morgan fingerprint density at radius 3 is 2.53 bits per heavy atom. The van der Waals surface area contributed by atoms with Gasteiger partial charge in [0.25, 0.3) is 0 Å². The zero-order valence-corrected chi connectivity index (χ0v) is 10.0. The van der Waals surface area contributed by atoms with E-state index in [1.807, 2.05) is 0 Å². The summed E-state index contributed by atoms with van der Waals surface area (Å²) in [6.45, 7) is 9.55. The first kappa shape index (κ1) is 10.5. The number of nitrogens with zero attached hydrogens (tertiary/aromatic N) is 1. The number of aromatic nitrogens is 1. The Morgan fingerprint density at radius 2 is 1.93 bits per heavy atom. The Kier molecular flexibility index (Phi) is 2.68. The van der Waals surface area contributed by atoms with Gasteiger partial charge < -0.3 is 4.74 Å². The zero-order valence-electron chi connectivity index (χ0n) is 10.0. The highest BCUT2D eigenvalue weighted by Crippen LogP contribution is 2.34. The second kappa shape index (κ2) is 3.84. The van der Waals surface area contributed by atoms with Crippen LogP contribution in [0.2, 0.25) is 0 Å². The van der Waals surface area contributed by atoms with E-state index < -0.39 is 0 Å². The third kappa shape index (κ3) is 1.85. The molecule has 1 aromatic rings. The van der Waals surface area contributed by atoms with E-state index in [2.05, 4.69) is 33.8 Å². The molecule has 0 aromatic carbocycles. The maximum atomic E-state index is 5.66. The van der Waals surface area contributed by atoms with E-state index in [1.165, 1.54) is 11.3 Å². The van der Waals surface area contributed by atoms with Crippen molar-refractivity contribution in [2.45, 2.75) is 46.0 Å². The minimum Gasteiger partial charge on any atom is -0.491 e. The minimum absolute atomic E-state index is 0.440. The van der Waals surface area contributed by atoms with Crippen LogP contribution in [0.3, 0.4) is 0 Å². The molecule has 0 atom stereocenters. The summed E-state index contributed by atoms with van der Waals surface area (Å²) in [5, 5.41) is 0. The van der Waals surface area contributed by atoms with Gasteiger partial charge in [-0.3, -0.25) is 4.98 Å². The molecule has 0 saturated carbocycles. The van der Waals surface area contributed by atoms with Gasteiger partial charge in [-0.05, 0) is 17.9 Å². The van der Waals surface area contributed by atoms with Crippen LogP contribution in [0, 0.1) is 0 Å². The monoisotopic (exact) mass is 205 g/mol. The Bertz CT molecular complexity index is 369. The average molecular weight is 205 g/mol. The van der Waals surface area contributed by atoms with E-state index in [0.717, 1.165) is 24.5 Å². The molecule has 1 aromatic heterocycles. The molecular formula is C13H19NO. The number of fused-ring (bicyclic) bond motifs is 1. The minimum atomic E-state index is 0.440. The molecule has 1 aliphatic heterocycles. The van der Waals surface area contributed by atoms with Gasteiger partial charge in [-0.15, -0.1) is 0 Å². The van der Waals surface area contributed by atoms with E-state index in [9.17, 15) is 0 Å². The second-order valence-corrected chi connectivity index (χ2v) is 4.83. The van der Waals surface area contributed by atoms with Crippen LogP contribution in [-0.4, -0.2) is 11.6 Å². The number of hydrogen-bond acceptors (Lipinski definition) is 2. The quantitative estimate of drug-likeness (QED) is 0.739. The van der Waals surface area contributed by atoms with Gasteiger partial charge >= 0.3 is 0 Å². The van der Waals surface area contributed by atoms with Gasteiger partial charge in [-0.25, -0.2) is 0 Å². The molecule has 0 bridgehead atoms. The van der Waals surface area contributed by atoms with Gasteiger partial charge in [-0.2, -0.15) is 0 Å². The topological polar surface area (TPSA) is 22.1 Å². The SMILES string of the molecule is CC(C)c1cc2c(c(C(C)C)n1)OCC2. The number of pyridine rings is 1. The summed E-state index contributed by atoms with van der Waals surface area (Å²) < 4.78 is 5.66. The summed E-state index contributed by atoms with van der Waals surface area (Å²) in [5.41, 5.74) is 3.68. The van der Waals surface area contributed by atoms with Crippen LogP contribution in [0.15, 0.2) is 6.07 Å². The third-order valence-corrected chi connectivity index (χ3v) is 2.85. The summed E-state index contributed by atoms with van der Waals surface area (Å²) in [5.74, 6) is 1.98. The van der Waals surface area contributed by atoms with Crippen molar-refractivity contribution in [3.05, 3.63) is 23.0 Å². The number of ether oxygens (including phenoxy) is 1. The van der Waals surface area contributed by atoms with Crippen molar-refractivity contribution in [1.82, 2.24) is 4.98 Å². The Balaban J connectivity index is 2.52. The van der Waals surface area contributed by atoms with Gasteiger partial charge in [0.15, 0.2) is 0 Å². The van der Waals surface area contributed by atoms with Crippen LogP contribution in [0.25, 0.3) is 0 Å². The predicted octanol–water partition coefficient (Wildman–Crippen LogP) is 3.26. The fourth-order valence-corrected chi connectivity index (χ4v) is 1.93. The maximum Gasteiger partial charge on any atom is 0.144 e. The van der Waals surface area contributed by atoms with Crippen molar-refractivity contribution in [1.29, 1.82) is 0 Å². The van der Waals surface area contributed by atoms with E-state index >= 15 is 0 Å². The highest BCUT2D eigenvalue weighted by Gasteiger charge is 2.21. The molecular weight excluding hydrogens is 186 g/mol. The van der Waals surface area contributed by atoms with Gasteiger partial charge in [0, 0.05) is 17.7 Å². The van der Waals surface area contributed by atoms with Crippen LogP contribution < -0.4 is 4.74 Å². The first-order valence-corrected chi connectivity index (χ1v) is 5.76. The molecule has 0 amide bonds. The van der Waals surface area contributed by atoms with E-state index in [4.69, 9.17) is 9.72 Å². The molecule has 0 saturated heterocycles. The van der Waals surface area contributed by atoms with Crippen LogP contribution in [-0.2, 0) is 6.42 Å². The summed E-state index contributed by atoms with van der Waals surface area (Å²) in [6, 6.07) is 2.21. The molecule has 2 heteroatoms. The Labute approximate surface area is 91.7 Å². The zero-order chi connectivity index (χ0) is 11.0. The molecule has 2 heterocycles. The maximum absolute atomic E-state index is 5.66. The average Bonchev–Trinajstić information content (AvgIpc) is 2.62. The Hall–Kier alpha value is -1.05. The Morgan fingerprint density at radius 1 is 1.20 bits per heavy atom. The van der Waals surface area contributed by atoms with Gasteiger partial charge in [-0.1, -0.05) is 27.7 Å². The highest BCUT2D eigenvalue weighted by molar-refractivity contribution is 5.43. The van der Waals surface area contributed by atoms with E-state index in [0.29, 0.717) is 11.8 Å². The summed E-state index contributed by atoms with van der Waals surface area (Å²) in [7, 11) is 0. The van der Waals surface area contributed by atoms with Crippen LogP contribution in [0.1, 0.15) is 56.5 Å². The highest BCUT2D eigenvalue weighted by atomic mass is 16.5. The molecule has 2 rings (SSSR count). The molecule has 0 fully saturated rings. The number of rotatable bonds is 2. The lowest BCUT2D eigenvalue weighted by Crippen LogP contribution is -2.02. The molecule has 0 N–H and O–H groups in total. The second-order valence-electron chi connectivity index (χ2n) is 4.83. The first-order chi connectivity index (χ1) is 7.09. The van der Waals surface area contributed by atoms with Crippen molar-refractivity contribution >= 4 is 0 Å². The van der Waals surface area contributed by atoms with E-state index in [-0.39, 0.29) is 0 Å². The van der Waals surface area contributed by atoms with Crippen molar-refractivity contribution in [3.63, 3.8) is 0 Å². The standard InChI is InChI=1S/C13H19NO/c1-8(2)11-7-10-5-6-15-13(10)12(14-11)9(3)4/h7-9H,5-6H2,1-4H3. The first-order valence-electron chi connectivity index (χ1n) is 5.76. The predicted molar refractivity (Wildman–Crippen MR) is 61.6 cm³/mol. The fraction of sp³-hybridized carbons (Fsp3) is 0.615.